The molecule has 0 amide bonds. The van der Waals surface area contributed by atoms with E-state index in [4.69, 9.17) is 34.8 Å². The average molecular weight is 365 g/mol. The Hall–Kier alpha value is -0.940. The average Bonchev–Trinajstić information content (AvgIpc) is 2.43. The third-order valence-electron chi connectivity index (χ3n) is 2.79. The Labute approximate surface area is 138 Å². The van der Waals surface area contributed by atoms with Crippen LogP contribution in [-0.4, -0.2) is 14.3 Å². The molecule has 3 nitrogen and oxygen atoms in total. The van der Waals surface area contributed by atoms with E-state index in [1.54, 1.807) is 18.2 Å². The standard InChI is InChI=1S/C14H12Cl3NO2S/c15-8-7-10-1-4-12(5-2-10)21(19,20)18-14-6-3-11(16)9-13(14)17/h1-6,9,18H,7-8H2. The maximum absolute atomic E-state index is 12.3. The van der Waals surface area contributed by atoms with Crippen LogP contribution in [0.25, 0.3) is 0 Å². The van der Waals surface area contributed by atoms with Gasteiger partial charge in [0.1, 0.15) is 0 Å². The van der Waals surface area contributed by atoms with Crippen LogP contribution < -0.4 is 4.72 Å². The highest BCUT2D eigenvalue weighted by atomic mass is 35.5. The largest absolute Gasteiger partial charge is 0.278 e. The molecular weight excluding hydrogens is 353 g/mol. The molecular formula is C14H12Cl3NO2S. The predicted molar refractivity (Wildman–Crippen MR) is 88.1 cm³/mol. The monoisotopic (exact) mass is 363 g/mol. The quantitative estimate of drug-likeness (QED) is 0.790. The van der Waals surface area contributed by atoms with E-state index in [2.05, 4.69) is 4.72 Å². The summed E-state index contributed by atoms with van der Waals surface area (Å²) in [7, 11) is -3.69. The van der Waals surface area contributed by atoms with E-state index in [0.717, 1.165) is 5.56 Å². The van der Waals surface area contributed by atoms with Gasteiger partial charge in [-0.15, -0.1) is 11.6 Å². The van der Waals surface area contributed by atoms with Crippen LogP contribution >= 0.6 is 34.8 Å². The van der Waals surface area contributed by atoms with Crippen LogP contribution in [0.4, 0.5) is 5.69 Å². The van der Waals surface area contributed by atoms with Crippen molar-refractivity contribution in [2.24, 2.45) is 0 Å². The van der Waals surface area contributed by atoms with Crippen molar-refractivity contribution in [3.8, 4) is 0 Å². The van der Waals surface area contributed by atoms with Gasteiger partial charge in [0, 0.05) is 10.9 Å². The van der Waals surface area contributed by atoms with Gasteiger partial charge in [0.25, 0.3) is 10.0 Å². The summed E-state index contributed by atoms with van der Waals surface area (Å²) in [5, 5.41) is 0.679. The molecule has 0 aromatic heterocycles. The first kappa shape index (κ1) is 16.4. The number of rotatable bonds is 5. The molecule has 0 atom stereocenters. The zero-order valence-electron chi connectivity index (χ0n) is 10.8. The zero-order chi connectivity index (χ0) is 15.5. The Morgan fingerprint density at radius 2 is 1.67 bits per heavy atom. The van der Waals surface area contributed by atoms with Crippen LogP contribution in [0.2, 0.25) is 10.0 Å². The summed E-state index contributed by atoms with van der Waals surface area (Å²) in [5.74, 6) is 0.491. The Bertz CT molecular complexity index is 730. The van der Waals surface area contributed by atoms with E-state index in [0.29, 0.717) is 17.3 Å². The molecule has 0 aliphatic heterocycles. The minimum atomic E-state index is -3.69. The van der Waals surface area contributed by atoms with Crippen LogP contribution in [0.15, 0.2) is 47.4 Å². The van der Waals surface area contributed by atoms with Crippen molar-refractivity contribution >= 4 is 50.5 Å². The van der Waals surface area contributed by atoms with Gasteiger partial charge in [-0.05, 0) is 42.3 Å². The van der Waals surface area contributed by atoms with Crippen LogP contribution in [0.5, 0.6) is 0 Å². The molecule has 2 rings (SSSR count). The maximum Gasteiger partial charge on any atom is 0.261 e. The van der Waals surface area contributed by atoms with Crippen molar-refractivity contribution in [1.29, 1.82) is 0 Å². The van der Waals surface area contributed by atoms with Gasteiger partial charge in [0.05, 0.1) is 15.6 Å². The number of hydrogen-bond donors (Lipinski definition) is 1. The van der Waals surface area contributed by atoms with E-state index < -0.39 is 10.0 Å². The molecule has 0 aliphatic rings. The molecule has 2 aromatic rings. The Kier molecular flexibility index (Phi) is 5.38. The number of aryl methyl sites for hydroxylation is 1. The molecule has 0 unspecified atom stereocenters. The molecule has 0 saturated carbocycles. The van der Waals surface area contributed by atoms with Gasteiger partial charge in [-0.25, -0.2) is 8.42 Å². The summed E-state index contributed by atoms with van der Waals surface area (Å²) in [6, 6.07) is 11.1. The molecule has 0 aliphatic carbocycles. The number of benzene rings is 2. The van der Waals surface area contributed by atoms with Crippen molar-refractivity contribution < 1.29 is 8.42 Å². The highest BCUT2D eigenvalue weighted by Gasteiger charge is 2.15. The summed E-state index contributed by atoms with van der Waals surface area (Å²) < 4.78 is 27.0. The van der Waals surface area contributed by atoms with E-state index >= 15 is 0 Å². The summed E-state index contributed by atoms with van der Waals surface area (Å²) in [4.78, 5) is 0.159. The molecule has 0 fully saturated rings. The van der Waals surface area contributed by atoms with Crippen LogP contribution in [0.1, 0.15) is 5.56 Å². The first-order valence-electron chi connectivity index (χ1n) is 6.05. The third kappa shape index (κ3) is 4.27. The molecule has 0 heterocycles. The van der Waals surface area contributed by atoms with Crippen LogP contribution in [0, 0.1) is 0 Å². The normalized spacial score (nSPS) is 11.4. The molecule has 0 bridgehead atoms. The fourth-order valence-corrected chi connectivity index (χ4v) is 3.53. The number of hydrogen-bond acceptors (Lipinski definition) is 2. The van der Waals surface area contributed by atoms with Crippen LogP contribution in [-0.2, 0) is 16.4 Å². The number of sulfonamides is 1. The number of halogens is 3. The van der Waals surface area contributed by atoms with Gasteiger partial charge in [-0.2, -0.15) is 0 Å². The summed E-state index contributed by atoms with van der Waals surface area (Å²) in [6.45, 7) is 0. The van der Waals surface area contributed by atoms with Gasteiger partial charge in [-0.3, -0.25) is 4.72 Å². The number of alkyl halides is 1. The highest BCUT2D eigenvalue weighted by molar-refractivity contribution is 7.92. The summed E-state index contributed by atoms with van der Waals surface area (Å²) in [6.07, 6.45) is 0.693. The summed E-state index contributed by atoms with van der Waals surface area (Å²) >= 11 is 17.4. The predicted octanol–water partition coefficient (Wildman–Crippen LogP) is 4.58. The lowest BCUT2D eigenvalue weighted by Gasteiger charge is -2.10. The van der Waals surface area contributed by atoms with E-state index in [1.165, 1.54) is 24.3 Å². The maximum atomic E-state index is 12.3. The topological polar surface area (TPSA) is 46.2 Å². The van der Waals surface area contributed by atoms with Crippen molar-refractivity contribution in [1.82, 2.24) is 0 Å². The molecule has 7 heteroatoms. The van der Waals surface area contributed by atoms with Gasteiger partial charge in [0.15, 0.2) is 0 Å². The first-order chi connectivity index (χ1) is 9.92. The van der Waals surface area contributed by atoms with Gasteiger partial charge in [-0.1, -0.05) is 35.3 Å². The van der Waals surface area contributed by atoms with E-state index in [1.807, 2.05) is 0 Å². The lowest BCUT2D eigenvalue weighted by atomic mass is 10.2. The van der Waals surface area contributed by atoms with Crippen molar-refractivity contribution in [3.05, 3.63) is 58.1 Å². The summed E-state index contributed by atoms with van der Waals surface area (Å²) in [5.41, 5.74) is 1.26. The second-order valence-corrected chi connectivity index (χ2v) is 7.22. The molecule has 0 saturated heterocycles. The van der Waals surface area contributed by atoms with Crippen molar-refractivity contribution in [2.75, 3.05) is 10.6 Å². The third-order valence-corrected chi connectivity index (χ3v) is 4.91. The minimum Gasteiger partial charge on any atom is -0.278 e. The van der Waals surface area contributed by atoms with Crippen molar-refractivity contribution in [2.45, 2.75) is 11.3 Å². The molecule has 0 radical (unpaired) electrons. The fraction of sp³-hybridized carbons (Fsp3) is 0.143. The molecule has 112 valence electrons. The number of anilines is 1. The molecule has 21 heavy (non-hydrogen) atoms. The molecule has 2 aromatic carbocycles. The lowest BCUT2D eigenvalue weighted by Crippen LogP contribution is -2.13. The Morgan fingerprint density at radius 3 is 2.24 bits per heavy atom. The first-order valence-corrected chi connectivity index (χ1v) is 8.82. The Balaban J connectivity index is 2.25. The lowest BCUT2D eigenvalue weighted by molar-refractivity contribution is 0.601. The minimum absolute atomic E-state index is 0.159. The van der Waals surface area contributed by atoms with E-state index in [-0.39, 0.29) is 15.6 Å². The van der Waals surface area contributed by atoms with E-state index in [9.17, 15) is 8.42 Å². The van der Waals surface area contributed by atoms with Gasteiger partial charge < -0.3 is 0 Å². The van der Waals surface area contributed by atoms with Crippen molar-refractivity contribution in [3.63, 3.8) is 0 Å². The number of nitrogens with one attached hydrogen (secondary N) is 1. The SMILES string of the molecule is O=S(=O)(Nc1ccc(Cl)cc1Cl)c1ccc(CCCl)cc1. The Morgan fingerprint density at radius 1 is 1.00 bits per heavy atom. The zero-order valence-corrected chi connectivity index (χ0v) is 13.9. The van der Waals surface area contributed by atoms with Gasteiger partial charge in [0.2, 0.25) is 0 Å². The highest BCUT2D eigenvalue weighted by Crippen LogP contribution is 2.27. The van der Waals surface area contributed by atoms with Crippen LogP contribution in [0.3, 0.4) is 0 Å². The smallest absolute Gasteiger partial charge is 0.261 e. The second-order valence-electron chi connectivity index (χ2n) is 4.31. The molecule has 1 N–H and O–H groups in total. The second kappa shape index (κ2) is 6.88. The molecule has 0 spiro atoms. The fourth-order valence-electron chi connectivity index (χ4n) is 1.72. The van der Waals surface area contributed by atoms with Gasteiger partial charge >= 0.3 is 0 Å².